The molecule has 1 saturated heterocycles. The molecule has 1 fully saturated rings. The molecule has 1 unspecified atom stereocenters. The number of amides is 1. The molecule has 0 radical (unpaired) electrons. The van der Waals surface area contributed by atoms with Crippen LogP contribution in [-0.2, 0) is 11.2 Å². The van der Waals surface area contributed by atoms with Crippen LogP contribution < -0.4 is 5.32 Å². The highest BCUT2D eigenvalue weighted by Gasteiger charge is 2.25. The Morgan fingerprint density at radius 1 is 1.48 bits per heavy atom. The number of nitrogens with zero attached hydrogens (tertiary/aromatic N) is 1. The van der Waals surface area contributed by atoms with E-state index in [1.807, 2.05) is 32.9 Å². The molecule has 1 N–H and O–H groups in total. The van der Waals surface area contributed by atoms with Crippen LogP contribution in [0.5, 0.6) is 0 Å². The molecule has 1 atom stereocenters. The summed E-state index contributed by atoms with van der Waals surface area (Å²) in [5.74, 6) is 0. The SMILES string of the molecule is CC(C)(C)OC(=O)NC1CCN(CCc2cc(Br)ccc2Cl)C1. The number of hydrogen-bond donors (Lipinski definition) is 1. The van der Waals surface area contributed by atoms with E-state index in [2.05, 4.69) is 32.2 Å². The highest BCUT2D eigenvalue weighted by Crippen LogP contribution is 2.22. The minimum absolute atomic E-state index is 0.155. The third kappa shape index (κ3) is 6.32. The van der Waals surface area contributed by atoms with Gasteiger partial charge in [0, 0.05) is 35.2 Å². The van der Waals surface area contributed by atoms with Gasteiger partial charge in [0.1, 0.15) is 5.60 Å². The number of carbonyl (C=O) groups excluding carboxylic acids is 1. The van der Waals surface area contributed by atoms with E-state index in [9.17, 15) is 4.79 Å². The van der Waals surface area contributed by atoms with E-state index in [-0.39, 0.29) is 12.1 Å². The summed E-state index contributed by atoms with van der Waals surface area (Å²) in [6.07, 6.45) is 1.52. The monoisotopic (exact) mass is 402 g/mol. The molecule has 0 aromatic heterocycles. The third-order valence-electron chi connectivity index (χ3n) is 3.70. The zero-order valence-electron chi connectivity index (χ0n) is 13.9. The van der Waals surface area contributed by atoms with E-state index in [0.29, 0.717) is 0 Å². The maximum atomic E-state index is 11.8. The van der Waals surface area contributed by atoms with E-state index in [4.69, 9.17) is 16.3 Å². The van der Waals surface area contributed by atoms with Crippen molar-refractivity contribution in [1.29, 1.82) is 0 Å². The molecule has 0 aliphatic carbocycles. The molecule has 4 nitrogen and oxygen atoms in total. The van der Waals surface area contributed by atoms with Gasteiger partial charge in [-0.2, -0.15) is 0 Å². The van der Waals surface area contributed by atoms with Crippen LogP contribution >= 0.6 is 27.5 Å². The second-order valence-electron chi connectivity index (χ2n) is 6.92. The van der Waals surface area contributed by atoms with Crippen LogP contribution in [0.2, 0.25) is 5.02 Å². The van der Waals surface area contributed by atoms with Gasteiger partial charge in [-0.05, 0) is 57.4 Å². The van der Waals surface area contributed by atoms with E-state index >= 15 is 0 Å². The summed E-state index contributed by atoms with van der Waals surface area (Å²) in [6.45, 7) is 8.37. The highest BCUT2D eigenvalue weighted by atomic mass is 79.9. The van der Waals surface area contributed by atoms with E-state index in [0.717, 1.165) is 47.5 Å². The number of halogens is 2. The van der Waals surface area contributed by atoms with Crippen LogP contribution in [0.4, 0.5) is 4.79 Å². The Balaban J connectivity index is 1.77. The lowest BCUT2D eigenvalue weighted by atomic mass is 10.1. The molecule has 2 rings (SSSR count). The molecule has 23 heavy (non-hydrogen) atoms. The Labute approximate surface area is 151 Å². The number of nitrogens with one attached hydrogen (secondary N) is 1. The molecule has 1 amide bonds. The number of hydrogen-bond acceptors (Lipinski definition) is 3. The van der Waals surface area contributed by atoms with Crippen LogP contribution in [0.3, 0.4) is 0 Å². The number of alkyl carbamates (subject to hydrolysis) is 1. The first kappa shape index (κ1) is 18.6. The predicted molar refractivity (Wildman–Crippen MR) is 97.1 cm³/mol. The summed E-state index contributed by atoms with van der Waals surface area (Å²) in [7, 11) is 0. The Morgan fingerprint density at radius 3 is 2.91 bits per heavy atom. The first-order valence-electron chi connectivity index (χ1n) is 7.89. The molecule has 1 aromatic carbocycles. The molecule has 0 spiro atoms. The summed E-state index contributed by atoms with van der Waals surface area (Å²) in [6, 6.07) is 6.08. The maximum Gasteiger partial charge on any atom is 0.407 e. The van der Waals surface area contributed by atoms with Crippen molar-refractivity contribution in [2.45, 2.75) is 45.3 Å². The molecule has 6 heteroatoms. The number of likely N-dealkylation sites (tertiary alicyclic amines) is 1. The molecule has 0 saturated carbocycles. The second-order valence-corrected chi connectivity index (χ2v) is 8.24. The van der Waals surface area contributed by atoms with Gasteiger partial charge in [-0.25, -0.2) is 4.79 Å². The number of benzene rings is 1. The number of carbonyl (C=O) groups is 1. The van der Waals surface area contributed by atoms with Gasteiger partial charge >= 0.3 is 6.09 Å². The van der Waals surface area contributed by atoms with Crippen molar-refractivity contribution in [3.63, 3.8) is 0 Å². The standard InChI is InChI=1S/C17H24BrClN2O2/c1-17(2,3)23-16(22)20-14-7-9-21(11-14)8-6-12-10-13(18)4-5-15(12)19/h4-5,10,14H,6-9,11H2,1-3H3,(H,20,22). The van der Waals surface area contributed by atoms with Gasteiger partial charge in [-0.15, -0.1) is 0 Å². The van der Waals surface area contributed by atoms with Gasteiger partial charge < -0.3 is 15.0 Å². The fraction of sp³-hybridized carbons (Fsp3) is 0.588. The van der Waals surface area contributed by atoms with Crippen molar-refractivity contribution in [1.82, 2.24) is 10.2 Å². The van der Waals surface area contributed by atoms with Gasteiger partial charge in [-0.1, -0.05) is 27.5 Å². The molecular formula is C17H24BrClN2O2. The largest absolute Gasteiger partial charge is 0.444 e. The summed E-state index contributed by atoms with van der Waals surface area (Å²) in [5, 5.41) is 3.75. The molecular weight excluding hydrogens is 380 g/mol. The quantitative estimate of drug-likeness (QED) is 0.817. The summed E-state index contributed by atoms with van der Waals surface area (Å²) in [5.41, 5.74) is 0.685. The average molecular weight is 404 g/mol. The van der Waals surface area contributed by atoms with E-state index in [1.54, 1.807) is 0 Å². The van der Waals surface area contributed by atoms with Gasteiger partial charge in [0.25, 0.3) is 0 Å². The zero-order valence-corrected chi connectivity index (χ0v) is 16.2. The second kappa shape index (κ2) is 7.86. The minimum atomic E-state index is -0.459. The van der Waals surface area contributed by atoms with Gasteiger partial charge in [-0.3, -0.25) is 0 Å². The topological polar surface area (TPSA) is 41.6 Å². The molecule has 1 aliphatic heterocycles. The van der Waals surface area contributed by atoms with Crippen LogP contribution in [0.15, 0.2) is 22.7 Å². The smallest absolute Gasteiger partial charge is 0.407 e. The average Bonchev–Trinajstić information content (AvgIpc) is 2.85. The van der Waals surface area contributed by atoms with Crippen LogP contribution in [0.25, 0.3) is 0 Å². The van der Waals surface area contributed by atoms with Gasteiger partial charge in [0.2, 0.25) is 0 Å². The molecule has 1 aliphatic rings. The Bertz CT molecular complexity index is 560. The van der Waals surface area contributed by atoms with E-state index < -0.39 is 5.60 Å². The summed E-state index contributed by atoms with van der Waals surface area (Å²) < 4.78 is 6.35. The van der Waals surface area contributed by atoms with Crippen LogP contribution in [0.1, 0.15) is 32.8 Å². The van der Waals surface area contributed by atoms with Crippen molar-refractivity contribution in [2.75, 3.05) is 19.6 Å². The van der Waals surface area contributed by atoms with Crippen molar-refractivity contribution >= 4 is 33.6 Å². The third-order valence-corrected chi connectivity index (χ3v) is 4.56. The highest BCUT2D eigenvalue weighted by molar-refractivity contribution is 9.10. The lowest BCUT2D eigenvalue weighted by Gasteiger charge is -2.22. The van der Waals surface area contributed by atoms with Crippen molar-refractivity contribution in [3.8, 4) is 0 Å². The Hall–Kier alpha value is -0.780. The zero-order chi connectivity index (χ0) is 17.0. The fourth-order valence-electron chi connectivity index (χ4n) is 2.64. The van der Waals surface area contributed by atoms with Crippen LogP contribution in [-0.4, -0.2) is 42.3 Å². The molecule has 1 heterocycles. The lowest BCUT2D eigenvalue weighted by Crippen LogP contribution is -2.40. The van der Waals surface area contributed by atoms with Gasteiger partial charge in [0.05, 0.1) is 0 Å². The maximum absolute atomic E-state index is 11.8. The number of ether oxygens (including phenoxy) is 1. The molecule has 0 bridgehead atoms. The predicted octanol–water partition coefficient (Wildman–Crippen LogP) is 4.24. The summed E-state index contributed by atoms with van der Waals surface area (Å²) in [4.78, 5) is 14.2. The molecule has 128 valence electrons. The lowest BCUT2D eigenvalue weighted by molar-refractivity contribution is 0.0506. The van der Waals surface area contributed by atoms with Crippen molar-refractivity contribution < 1.29 is 9.53 Å². The molecule has 1 aromatic rings. The Morgan fingerprint density at radius 2 is 2.22 bits per heavy atom. The first-order valence-corrected chi connectivity index (χ1v) is 9.06. The first-order chi connectivity index (χ1) is 10.7. The number of rotatable bonds is 4. The Kier molecular flexibility index (Phi) is 6.34. The van der Waals surface area contributed by atoms with E-state index in [1.165, 1.54) is 0 Å². The summed E-state index contributed by atoms with van der Waals surface area (Å²) >= 11 is 9.70. The van der Waals surface area contributed by atoms with Crippen LogP contribution in [0, 0.1) is 0 Å². The van der Waals surface area contributed by atoms with Crippen molar-refractivity contribution in [2.24, 2.45) is 0 Å². The minimum Gasteiger partial charge on any atom is -0.444 e. The van der Waals surface area contributed by atoms with Crippen molar-refractivity contribution in [3.05, 3.63) is 33.3 Å². The fourth-order valence-corrected chi connectivity index (χ4v) is 3.26. The van der Waals surface area contributed by atoms with Gasteiger partial charge in [0.15, 0.2) is 0 Å². The normalized spacial score (nSPS) is 18.9.